The van der Waals surface area contributed by atoms with Gasteiger partial charge in [-0.2, -0.15) is 0 Å². The Morgan fingerprint density at radius 2 is 2.11 bits per heavy atom. The Hall–Kier alpha value is -1.33. The molecular formula is C13H16ClFN2O2. The summed E-state index contributed by atoms with van der Waals surface area (Å²) in [6, 6.07) is 4.57. The number of amides is 1. The molecule has 1 aromatic rings. The van der Waals surface area contributed by atoms with Crippen LogP contribution in [0.5, 0.6) is 5.75 Å². The van der Waals surface area contributed by atoms with E-state index in [9.17, 15) is 9.18 Å². The van der Waals surface area contributed by atoms with Crippen LogP contribution in [0.2, 0.25) is 0 Å². The average Bonchev–Trinajstić information content (AvgIpc) is 2.81. The summed E-state index contributed by atoms with van der Waals surface area (Å²) in [6.07, 6.45) is 0. The first-order chi connectivity index (χ1) is 8.72. The lowest BCUT2D eigenvalue weighted by Crippen LogP contribution is -2.33. The minimum atomic E-state index is -0.546. The molecule has 1 saturated heterocycles. The molecule has 3 rings (SSSR count). The molecule has 1 aliphatic carbocycles. The lowest BCUT2D eigenvalue weighted by Gasteiger charge is -2.11. The zero-order valence-electron chi connectivity index (χ0n) is 10.5. The van der Waals surface area contributed by atoms with Gasteiger partial charge in [0, 0.05) is 19.1 Å². The number of benzene rings is 1. The number of nitrogens with one attached hydrogen (secondary N) is 2. The topological polar surface area (TPSA) is 50.4 Å². The van der Waals surface area contributed by atoms with E-state index in [1.165, 1.54) is 19.2 Å². The van der Waals surface area contributed by atoms with Crippen molar-refractivity contribution in [3.05, 3.63) is 29.6 Å². The Morgan fingerprint density at radius 1 is 1.42 bits per heavy atom. The first kappa shape index (κ1) is 14.1. The Kier molecular flexibility index (Phi) is 3.96. The van der Waals surface area contributed by atoms with E-state index in [0.717, 1.165) is 13.1 Å². The second-order valence-corrected chi connectivity index (χ2v) is 4.80. The molecule has 0 aromatic heterocycles. The van der Waals surface area contributed by atoms with Gasteiger partial charge in [0.15, 0.2) is 0 Å². The van der Waals surface area contributed by atoms with Gasteiger partial charge in [0.2, 0.25) is 0 Å². The van der Waals surface area contributed by atoms with Gasteiger partial charge in [-0.05, 0) is 24.0 Å². The van der Waals surface area contributed by atoms with Gasteiger partial charge in [-0.1, -0.05) is 6.07 Å². The number of fused-ring (bicyclic) bond motifs is 1. The van der Waals surface area contributed by atoms with Crippen molar-refractivity contribution in [2.75, 3.05) is 20.2 Å². The van der Waals surface area contributed by atoms with Crippen molar-refractivity contribution in [3.63, 3.8) is 0 Å². The SMILES string of the molecule is COc1cccc(F)c1C(=O)NC1C2CNCC21.Cl. The Morgan fingerprint density at radius 3 is 2.74 bits per heavy atom. The van der Waals surface area contributed by atoms with Crippen LogP contribution in [0.15, 0.2) is 18.2 Å². The minimum absolute atomic E-state index is 0. The van der Waals surface area contributed by atoms with Gasteiger partial charge >= 0.3 is 0 Å². The monoisotopic (exact) mass is 286 g/mol. The van der Waals surface area contributed by atoms with Crippen LogP contribution in [-0.2, 0) is 0 Å². The molecule has 2 unspecified atom stereocenters. The first-order valence-corrected chi connectivity index (χ1v) is 6.06. The van der Waals surface area contributed by atoms with Crippen molar-refractivity contribution in [2.45, 2.75) is 6.04 Å². The molecule has 104 valence electrons. The van der Waals surface area contributed by atoms with Crippen LogP contribution >= 0.6 is 12.4 Å². The minimum Gasteiger partial charge on any atom is -0.496 e. The molecule has 2 N–H and O–H groups in total. The molecule has 4 nitrogen and oxygen atoms in total. The summed E-state index contributed by atoms with van der Waals surface area (Å²) in [7, 11) is 1.43. The number of piperidine rings is 1. The quantitative estimate of drug-likeness (QED) is 0.878. The summed E-state index contributed by atoms with van der Waals surface area (Å²) in [6.45, 7) is 1.87. The normalized spacial score (nSPS) is 27.2. The molecule has 2 atom stereocenters. The fraction of sp³-hybridized carbons (Fsp3) is 0.462. The van der Waals surface area contributed by atoms with E-state index in [2.05, 4.69) is 10.6 Å². The zero-order chi connectivity index (χ0) is 12.7. The molecule has 2 fully saturated rings. The molecule has 0 radical (unpaired) electrons. The second-order valence-electron chi connectivity index (χ2n) is 4.80. The largest absolute Gasteiger partial charge is 0.496 e. The second kappa shape index (κ2) is 5.35. The summed E-state index contributed by atoms with van der Waals surface area (Å²) in [5.74, 6) is 0.356. The number of halogens is 2. The molecule has 1 amide bonds. The molecule has 0 bridgehead atoms. The highest BCUT2D eigenvalue weighted by molar-refractivity contribution is 5.97. The van der Waals surface area contributed by atoms with E-state index in [0.29, 0.717) is 11.8 Å². The van der Waals surface area contributed by atoms with Crippen LogP contribution < -0.4 is 15.4 Å². The van der Waals surface area contributed by atoms with Crippen molar-refractivity contribution in [1.82, 2.24) is 10.6 Å². The summed E-state index contributed by atoms with van der Waals surface area (Å²) in [5.41, 5.74) is -0.00191. The Balaban J connectivity index is 0.00000133. The van der Waals surface area contributed by atoms with Crippen LogP contribution in [-0.4, -0.2) is 32.1 Å². The van der Waals surface area contributed by atoms with Crippen molar-refractivity contribution < 1.29 is 13.9 Å². The molecular weight excluding hydrogens is 271 g/mol. The molecule has 2 aliphatic rings. The van der Waals surface area contributed by atoms with Crippen molar-refractivity contribution in [2.24, 2.45) is 11.8 Å². The Labute approximate surface area is 117 Å². The molecule has 1 aliphatic heterocycles. The maximum absolute atomic E-state index is 13.7. The van der Waals surface area contributed by atoms with Crippen molar-refractivity contribution in [1.29, 1.82) is 0 Å². The smallest absolute Gasteiger partial charge is 0.258 e. The van der Waals surface area contributed by atoms with E-state index in [1.54, 1.807) is 6.07 Å². The maximum atomic E-state index is 13.7. The van der Waals surface area contributed by atoms with Gasteiger partial charge in [-0.3, -0.25) is 4.79 Å². The number of hydrogen-bond donors (Lipinski definition) is 2. The molecule has 0 spiro atoms. The third kappa shape index (κ3) is 2.40. The highest BCUT2D eigenvalue weighted by Crippen LogP contribution is 2.41. The van der Waals surface area contributed by atoms with Crippen LogP contribution in [0, 0.1) is 17.7 Å². The third-order valence-electron chi connectivity index (χ3n) is 3.81. The maximum Gasteiger partial charge on any atom is 0.258 e. The van der Waals surface area contributed by atoms with Crippen LogP contribution in [0.4, 0.5) is 4.39 Å². The van der Waals surface area contributed by atoms with E-state index in [4.69, 9.17) is 4.74 Å². The highest BCUT2D eigenvalue weighted by Gasteiger charge is 2.53. The van der Waals surface area contributed by atoms with E-state index < -0.39 is 5.82 Å². The first-order valence-electron chi connectivity index (χ1n) is 6.06. The fourth-order valence-electron chi connectivity index (χ4n) is 2.75. The number of rotatable bonds is 3. The summed E-state index contributed by atoms with van der Waals surface area (Å²) in [4.78, 5) is 12.1. The molecule has 1 aromatic carbocycles. The van der Waals surface area contributed by atoms with Gasteiger partial charge in [-0.15, -0.1) is 12.4 Å². The number of hydrogen-bond acceptors (Lipinski definition) is 3. The van der Waals surface area contributed by atoms with Gasteiger partial charge < -0.3 is 15.4 Å². The number of ether oxygens (including phenoxy) is 1. The molecule has 1 heterocycles. The summed E-state index contributed by atoms with van der Waals surface area (Å²) < 4.78 is 18.7. The number of carbonyl (C=O) groups excluding carboxylic acids is 1. The molecule has 19 heavy (non-hydrogen) atoms. The lowest BCUT2D eigenvalue weighted by molar-refractivity contribution is 0.0939. The number of carbonyl (C=O) groups is 1. The third-order valence-corrected chi connectivity index (χ3v) is 3.81. The van der Waals surface area contributed by atoms with Crippen LogP contribution in [0.1, 0.15) is 10.4 Å². The average molecular weight is 287 g/mol. The van der Waals surface area contributed by atoms with Crippen molar-refractivity contribution >= 4 is 18.3 Å². The van der Waals surface area contributed by atoms with E-state index >= 15 is 0 Å². The van der Waals surface area contributed by atoms with Crippen molar-refractivity contribution in [3.8, 4) is 5.75 Å². The molecule has 6 heteroatoms. The van der Waals surface area contributed by atoms with Crippen LogP contribution in [0.25, 0.3) is 0 Å². The highest BCUT2D eigenvalue weighted by atomic mass is 35.5. The summed E-state index contributed by atoms with van der Waals surface area (Å²) >= 11 is 0. The Bertz CT molecular complexity index is 488. The fourth-order valence-corrected chi connectivity index (χ4v) is 2.75. The van der Waals surface area contributed by atoms with Crippen LogP contribution in [0.3, 0.4) is 0 Å². The predicted octanol–water partition coefficient (Wildman–Crippen LogP) is 1.20. The zero-order valence-corrected chi connectivity index (χ0v) is 11.3. The van der Waals surface area contributed by atoms with Gasteiger partial charge in [-0.25, -0.2) is 4.39 Å². The molecule has 1 saturated carbocycles. The predicted molar refractivity (Wildman–Crippen MR) is 71.3 cm³/mol. The van der Waals surface area contributed by atoms with E-state index in [-0.39, 0.29) is 35.7 Å². The van der Waals surface area contributed by atoms with Gasteiger partial charge in [0.25, 0.3) is 5.91 Å². The number of methoxy groups -OCH3 is 1. The van der Waals surface area contributed by atoms with Gasteiger partial charge in [0.1, 0.15) is 17.1 Å². The van der Waals surface area contributed by atoms with Gasteiger partial charge in [0.05, 0.1) is 7.11 Å². The lowest BCUT2D eigenvalue weighted by atomic mass is 10.1. The standard InChI is InChI=1S/C13H15FN2O2.ClH/c1-18-10-4-2-3-9(14)11(10)13(17)16-12-7-5-15-6-8(7)12;/h2-4,7-8,12,15H,5-6H2,1H3,(H,16,17);1H. The van der Waals surface area contributed by atoms with E-state index in [1.807, 2.05) is 0 Å². The summed E-state index contributed by atoms with van der Waals surface area (Å²) in [5, 5.41) is 6.14.